The van der Waals surface area contributed by atoms with Crippen LogP contribution in [0.1, 0.15) is 65.7 Å². The lowest BCUT2D eigenvalue weighted by Gasteiger charge is -2.35. The van der Waals surface area contributed by atoms with Crippen LogP contribution in [-0.4, -0.2) is 21.8 Å². The Morgan fingerprint density at radius 2 is 2.00 bits per heavy atom. The minimum absolute atomic E-state index is 0.0183. The molecule has 3 atom stereocenters. The molecule has 3 nitrogen and oxygen atoms in total. The second-order valence-corrected chi connectivity index (χ2v) is 6.25. The number of carboxylic acids is 1. The molecule has 3 unspecified atom stereocenters. The SMILES string of the molecule is CCCC1CCCC(O)(C(C(=O)O)C(C)C)CC1. The van der Waals surface area contributed by atoms with Crippen molar-refractivity contribution < 1.29 is 15.0 Å². The fourth-order valence-electron chi connectivity index (χ4n) is 3.56. The van der Waals surface area contributed by atoms with Crippen LogP contribution in [0.25, 0.3) is 0 Å². The molecular weight excluding hydrogens is 228 g/mol. The molecule has 2 N–H and O–H groups in total. The first-order chi connectivity index (χ1) is 8.40. The maximum atomic E-state index is 11.4. The largest absolute Gasteiger partial charge is 0.481 e. The zero-order valence-corrected chi connectivity index (χ0v) is 12.0. The molecule has 106 valence electrons. The van der Waals surface area contributed by atoms with Crippen LogP contribution in [0.4, 0.5) is 0 Å². The summed E-state index contributed by atoms with van der Waals surface area (Å²) < 4.78 is 0. The Kier molecular flexibility index (Phi) is 5.64. The molecule has 18 heavy (non-hydrogen) atoms. The van der Waals surface area contributed by atoms with Gasteiger partial charge in [-0.15, -0.1) is 0 Å². The Balaban J connectivity index is 2.76. The zero-order valence-electron chi connectivity index (χ0n) is 12.0. The van der Waals surface area contributed by atoms with Crippen LogP contribution in [0.5, 0.6) is 0 Å². The van der Waals surface area contributed by atoms with Crippen LogP contribution < -0.4 is 0 Å². The first-order valence-corrected chi connectivity index (χ1v) is 7.36. The molecule has 1 aliphatic rings. The van der Waals surface area contributed by atoms with Crippen molar-refractivity contribution in [3.63, 3.8) is 0 Å². The van der Waals surface area contributed by atoms with Crippen LogP contribution in [-0.2, 0) is 4.79 Å². The van der Waals surface area contributed by atoms with Crippen molar-refractivity contribution in [3.05, 3.63) is 0 Å². The number of carboxylic acid groups (broad SMARTS) is 1. The molecule has 1 fully saturated rings. The number of aliphatic carboxylic acids is 1. The standard InChI is InChI=1S/C15H28O3/c1-4-6-12-7-5-9-15(18,10-8-12)13(11(2)3)14(16)17/h11-13,18H,4-10H2,1-3H3,(H,16,17). The summed E-state index contributed by atoms with van der Waals surface area (Å²) in [5.41, 5.74) is -0.998. The topological polar surface area (TPSA) is 57.5 Å². The second-order valence-electron chi connectivity index (χ2n) is 6.25. The van der Waals surface area contributed by atoms with Crippen molar-refractivity contribution in [2.24, 2.45) is 17.8 Å². The molecule has 1 aliphatic carbocycles. The van der Waals surface area contributed by atoms with Gasteiger partial charge in [0.25, 0.3) is 0 Å². The summed E-state index contributed by atoms with van der Waals surface area (Å²) in [6, 6.07) is 0. The summed E-state index contributed by atoms with van der Waals surface area (Å²) in [6.45, 7) is 5.97. The maximum absolute atomic E-state index is 11.4. The van der Waals surface area contributed by atoms with E-state index in [0.717, 1.165) is 19.3 Å². The Morgan fingerprint density at radius 3 is 2.50 bits per heavy atom. The highest BCUT2D eigenvalue weighted by Gasteiger charge is 2.44. The van der Waals surface area contributed by atoms with Gasteiger partial charge in [0.15, 0.2) is 0 Å². The lowest BCUT2D eigenvalue weighted by atomic mass is 9.75. The minimum atomic E-state index is -0.998. The molecule has 0 spiro atoms. The van der Waals surface area contributed by atoms with Gasteiger partial charge in [-0.05, 0) is 31.1 Å². The van der Waals surface area contributed by atoms with Crippen molar-refractivity contribution in [1.82, 2.24) is 0 Å². The van der Waals surface area contributed by atoms with E-state index >= 15 is 0 Å². The molecule has 0 heterocycles. The predicted molar refractivity (Wildman–Crippen MR) is 72.4 cm³/mol. The molecule has 0 aromatic heterocycles. The van der Waals surface area contributed by atoms with Crippen molar-refractivity contribution in [2.75, 3.05) is 0 Å². The fourth-order valence-corrected chi connectivity index (χ4v) is 3.56. The van der Waals surface area contributed by atoms with E-state index in [2.05, 4.69) is 6.92 Å². The lowest BCUT2D eigenvalue weighted by Crippen LogP contribution is -2.45. The molecule has 1 saturated carbocycles. The van der Waals surface area contributed by atoms with E-state index in [0.29, 0.717) is 18.8 Å². The van der Waals surface area contributed by atoms with Gasteiger partial charge < -0.3 is 10.2 Å². The van der Waals surface area contributed by atoms with Crippen LogP contribution in [0.3, 0.4) is 0 Å². The van der Waals surface area contributed by atoms with Gasteiger partial charge in [-0.3, -0.25) is 4.79 Å². The third kappa shape index (κ3) is 3.71. The van der Waals surface area contributed by atoms with Gasteiger partial charge >= 0.3 is 5.97 Å². The first-order valence-electron chi connectivity index (χ1n) is 7.36. The predicted octanol–water partition coefficient (Wildman–Crippen LogP) is 3.45. The minimum Gasteiger partial charge on any atom is -0.481 e. The highest BCUT2D eigenvalue weighted by atomic mass is 16.4. The molecule has 0 bridgehead atoms. The van der Waals surface area contributed by atoms with E-state index in [1.54, 1.807) is 0 Å². The van der Waals surface area contributed by atoms with E-state index in [4.69, 9.17) is 0 Å². The summed E-state index contributed by atoms with van der Waals surface area (Å²) in [5, 5.41) is 20.1. The quantitative estimate of drug-likeness (QED) is 0.741. The highest BCUT2D eigenvalue weighted by molar-refractivity contribution is 5.71. The van der Waals surface area contributed by atoms with Gasteiger partial charge in [-0.25, -0.2) is 0 Å². The van der Waals surface area contributed by atoms with Gasteiger partial charge in [0.05, 0.1) is 11.5 Å². The first kappa shape index (κ1) is 15.5. The number of aliphatic hydroxyl groups is 1. The molecule has 3 heteroatoms. The van der Waals surface area contributed by atoms with E-state index in [9.17, 15) is 15.0 Å². The fraction of sp³-hybridized carbons (Fsp3) is 0.933. The summed E-state index contributed by atoms with van der Waals surface area (Å²) in [5.74, 6) is -0.819. The molecule has 0 aliphatic heterocycles. The summed E-state index contributed by atoms with van der Waals surface area (Å²) in [6.07, 6.45) is 6.74. The number of hydrogen-bond acceptors (Lipinski definition) is 2. The van der Waals surface area contributed by atoms with Crippen molar-refractivity contribution in [2.45, 2.75) is 71.3 Å². The van der Waals surface area contributed by atoms with Crippen LogP contribution in [0.15, 0.2) is 0 Å². The summed E-state index contributed by atoms with van der Waals surface area (Å²) in [4.78, 5) is 11.4. The molecule has 0 aromatic carbocycles. The third-order valence-electron chi connectivity index (χ3n) is 4.42. The van der Waals surface area contributed by atoms with Crippen LogP contribution >= 0.6 is 0 Å². The molecule has 0 amide bonds. The number of hydrogen-bond donors (Lipinski definition) is 2. The Labute approximate surface area is 111 Å². The molecule has 0 aromatic rings. The summed E-state index contributed by atoms with van der Waals surface area (Å²) >= 11 is 0. The average Bonchev–Trinajstić information content (AvgIpc) is 2.41. The van der Waals surface area contributed by atoms with E-state index < -0.39 is 17.5 Å². The molecular formula is C15H28O3. The van der Waals surface area contributed by atoms with E-state index in [-0.39, 0.29) is 5.92 Å². The number of carbonyl (C=O) groups is 1. The van der Waals surface area contributed by atoms with Crippen molar-refractivity contribution in [3.8, 4) is 0 Å². The van der Waals surface area contributed by atoms with Gasteiger partial charge in [0.1, 0.15) is 0 Å². The molecule has 1 rings (SSSR count). The van der Waals surface area contributed by atoms with Gasteiger partial charge in [0.2, 0.25) is 0 Å². The van der Waals surface area contributed by atoms with Gasteiger partial charge in [-0.1, -0.05) is 46.5 Å². The normalized spacial score (nSPS) is 31.1. The second kappa shape index (κ2) is 6.55. The number of rotatable bonds is 5. The van der Waals surface area contributed by atoms with Crippen molar-refractivity contribution in [1.29, 1.82) is 0 Å². The van der Waals surface area contributed by atoms with Crippen molar-refractivity contribution >= 4 is 5.97 Å². The smallest absolute Gasteiger partial charge is 0.309 e. The van der Waals surface area contributed by atoms with Crippen LogP contribution in [0, 0.1) is 17.8 Å². The van der Waals surface area contributed by atoms with Gasteiger partial charge in [-0.2, -0.15) is 0 Å². The maximum Gasteiger partial charge on any atom is 0.309 e. The highest BCUT2D eigenvalue weighted by Crippen LogP contribution is 2.39. The van der Waals surface area contributed by atoms with E-state index in [1.807, 2.05) is 13.8 Å². The summed E-state index contributed by atoms with van der Waals surface area (Å²) in [7, 11) is 0. The lowest BCUT2D eigenvalue weighted by molar-refractivity contribution is -0.157. The Bertz CT molecular complexity index is 275. The van der Waals surface area contributed by atoms with Crippen LogP contribution in [0.2, 0.25) is 0 Å². The monoisotopic (exact) mass is 256 g/mol. The molecule has 0 radical (unpaired) electrons. The third-order valence-corrected chi connectivity index (χ3v) is 4.42. The Hall–Kier alpha value is -0.570. The Morgan fingerprint density at radius 1 is 1.33 bits per heavy atom. The average molecular weight is 256 g/mol. The zero-order chi connectivity index (χ0) is 13.8. The van der Waals surface area contributed by atoms with Gasteiger partial charge in [0, 0.05) is 0 Å². The molecule has 0 saturated heterocycles. The van der Waals surface area contributed by atoms with E-state index in [1.165, 1.54) is 12.8 Å².